The van der Waals surface area contributed by atoms with Gasteiger partial charge in [0.1, 0.15) is 5.82 Å². The summed E-state index contributed by atoms with van der Waals surface area (Å²) in [5.74, 6) is -0.588. The van der Waals surface area contributed by atoms with E-state index in [1.165, 1.54) is 12.1 Å². The van der Waals surface area contributed by atoms with Gasteiger partial charge in [-0.15, -0.1) is 0 Å². The standard InChI is InChI=1S/C13H18FN3O2/c1-9(2)16-4-3-11(8-16)15-12-5-10(14)6-13(7-12)17(18)19/h5-7,9,11,15H,3-4,8H2,1-2H3. The first-order chi connectivity index (χ1) is 8.95. The van der Waals surface area contributed by atoms with Crippen LogP contribution in [0.15, 0.2) is 18.2 Å². The van der Waals surface area contributed by atoms with Crippen LogP contribution in [0.2, 0.25) is 0 Å². The molecule has 19 heavy (non-hydrogen) atoms. The first-order valence-electron chi connectivity index (χ1n) is 6.41. The lowest BCUT2D eigenvalue weighted by molar-refractivity contribution is -0.385. The summed E-state index contributed by atoms with van der Waals surface area (Å²) in [5.41, 5.74) is 0.253. The van der Waals surface area contributed by atoms with Crippen LogP contribution in [0.4, 0.5) is 15.8 Å². The number of non-ortho nitro benzene ring substituents is 1. The van der Waals surface area contributed by atoms with Crippen molar-refractivity contribution < 1.29 is 9.31 Å². The maximum atomic E-state index is 13.3. The Bertz CT molecular complexity index is 479. The van der Waals surface area contributed by atoms with E-state index in [1.807, 2.05) is 0 Å². The van der Waals surface area contributed by atoms with Gasteiger partial charge in [-0.2, -0.15) is 0 Å². The molecule has 5 nitrogen and oxygen atoms in total. The summed E-state index contributed by atoms with van der Waals surface area (Å²) >= 11 is 0. The zero-order valence-corrected chi connectivity index (χ0v) is 11.1. The molecule has 1 fully saturated rings. The first kappa shape index (κ1) is 13.7. The third-order valence-corrected chi connectivity index (χ3v) is 3.41. The van der Waals surface area contributed by atoms with Crippen LogP contribution in [0.1, 0.15) is 20.3 Å². The Morgan fingerprint density at radius 1 is 1.47 bits per heavy atom. The van der Waals surface area contributed by atoms with E-state index in [0.29, 0.717) is 11.7 Å². The van der Waals surface area contributed by atoms with Gasteiger partial charge in [-0.25, -0.2) is 4.39 Å². The fourth-order valence-corrected chi connectivity index (χ4v) is 2.37. The highest BCUT2D eigenvalue weighted by Gasteiger charge is 2.24. The molecule has 1 unspecified atom stereocenters. The number of halogens is 1. The molecule has 2 rings (SSSR count). The SMILES string of the molecule is CC(C)N1CCC(Nc2cc(F)cc([N+](=O)[O-])c2)C1. The van der Waals surface area contributed by atoms with Gasteiger partial charge in [0.05, 0.1) is 11.0 Å². The summed E-state index contributed by atoms with van der Waals surface area (Å²) < 4.78 is 13.3. The second-order valence-corrected chi connectivity index (χ2v) is 5.17. The average molecular weight is 267 g/mol. The molecule has 0 spiro atoms. The summed E-state index contributed by atoms with van der Waals surface area (Å²) in [6.07, 6.45) is 0.961. The molecule has 1 aromatic rings. The van der Waals surface area contributed by atoms with Gasteiger partial charge in [-0.05, 0) is 26.3 Å². The maximum absolute atomic E-state index is 13.3. The monoisotopic (exact) mass is 267 g/mol. The number of nitrogens with zero attached hydrogens (tertiary/aromatic N) is 2. The predicted molar refractivity (Wildman–Crippen MR) is 71.8 cm³/mol. The highest BCUT2D eigenvalue weighted by molar-refractivity contribution is 5.52. The van der Waals surface area contributed by atoms with Crippen LogP contribution in [-0.4, -0.2) is 35.0 Å². The normalized spacial score (nSPS) is 19.9. The summed E-state index contributed by atoms with van der Waals surface area (Å²) in [6.45, 7) is 6.14. The molecular weight excluding hydrogens is 249 g/mol. The summed E-state index contributed by atoms with van der Waals surface area (Å²) in [5, 5.41) is 13.9. The predicted octanol–water partition coefficient (Wildman–Crippen LogP) is 2.63. The number of anilines is 1. The van der Waals surface area contributed by atoms with Crippen LogP contribution in [-0.2, 0) is 0 Å². The number of nitrogens with one attached hydrogen (secondary N) is 1. The molecule has 0 aliphatic carbocycles. The Hall–Kier alpha value is -1.69. The Balaban J connectivity index is 2.06. The van der Waals surface area contributed by atoms with E-state index in [1.54, 1.807) is 0 Å². The van der Waals surface area contributed by atoms with Crippen LogP contribution < -0.4 is 5.32 Å². The van der Waals surface area contributed by atoms with E-state index >= 15 is 0 Å². The number of hydrogen-bond donors (Lipinski definition) is 1. The van der Waals surface area contributed by atoms with Gasteiger partial charge in [0.2, 0.25) is 0 Å². The second-order valence-electron chi connectivity index (χ2n) is 5.17. The van der Waals surface area contributed by atoms with Crippen molar-refractivity contribution >= 4 is 11.4 Å². The van der Waals surface area contributed by atoms with Gasteiger partial charge in [0, 0.05) is 36.9 Å². The van der Waals surface area contributed by atoms with Crippen molar-refractivity contribution in [3.05, 3.63) is 34.1 Å². The van der Waals surface area contributed by atoms with Gasteiger partial charge in [-0.1, -0.05) is 0 Å². The first-order valence-corrected chi connectivity index (χ1v) is 6.41. The van der Waals surface area contributed by atoms with Crippen molar-refractivity contribution in [3.8, 4) is 0 Å². The second kappa shape index (κ2) is 5.52. The largest absolute Gasteiger partial charge is 0.381 e. The molecule has 0 radical (unpaired) electrons. The lowest BCUT2D eigenvalue weighted by Crippen LogP contribution is -2.31. The van der Waals surface area contributed by atoms with E-state index in [4.69, 9.17) is 0 Å². The molecule has 6 heteroatoms. The fourth-order valence-electron chi connectivity index (χ4n) is 2.37. The van der Waals surface area contributed by atoms with Crippen LogP contribution in [0.3, 0.4) is 0 Å². The molecule has 0 saturated carbocycles. The van der Waals surface area contributed by atoms with Crippen molar-refractivity contribution in [2.45, 2.75) is 32.4 Å². The number of benzene rings is 1. The molecule has 1 heterocycles. The minimum Gasteiger partial charge on any atom is -0.381 e. The third kappa shape index (κ3) is 3.41. The number of nitro benzene ring substituents is 1. The topological polar surface area (TPSA) is 58.4 Å². The van der Waals surface area contributed by atoms with E-state index in [0.717, 1.165) is 25.6 Å². The maximum Gasteiger partial charge on any atom is 0.274 e. The van der Waals surface area contributed by atoms with Gasteiger partial charge < -0.3 is 5.32 Å². The van der Waals surface area contributed by atoms with Crippen molar-refractivity contribution in [2.75, 3.05) is 18.4 Å². The molecule has 1 aliphatic heterocycles. The quantitative estimate of drug-likeness (QED) is 0.673. The zero-order chi connectivity index (χ0) is 14.0. The number of likely N-dealkylation sites (tertiary alicyclic amines) is 1. The Labute approximate surface area is 111 Å². The van der Waals surface area contributed by atoms with E-state index < -0.39 is 10.7 Å². The van der Waals surface area contributed by atoms with E-state index in [-0.39, 0.29) is 11.7 Å². The Morgan fingerprint density at radius 2 is 2.21 bits per heavy atom. The molecule has 0 bridgehead atoms. The Kier molecular flexibility index (Phi) is 3.99. The van der Waals surface area contributed by atoms with Crippen LogP contribution in [0.5, 0.6) is 0 Å². The molecule has 1 N–H and O–H groups in total. The summed E-state index contributed by atoms with van der Waals surface area (Å²) in [6, 6.07) is 4.30. The fraction of sp³-hybridized carbons (Fsp3) is 0.538. The van der Waals surface area contributed by atoms with E-state index in [2.05, 4.69) is 24.1 Å². The highest BCUT2D eigenvalue weighted by atomic mass is 19.1. The van der Waals surface area contributed by atoms with Crippen molar-refractivity contribution in [1.29, 1.82) is 0 Å². The molecular formula is C13H18FN3O2. The zero-order valence-electron chi connectivity index (χ0n) is 11.1. The van der Waals surface area contributed by atoms with Gasteiger partial charge in [-0.3, -0.25) is 15.0 Å². The van der Waals surface area contributed by atoms with Crippen molar-refractivity contribution in [2.24, 2.45) is 0 Å². The van der Waals surface area contributed by atoms with Crippen molar-refractivity contribution in [1.82, 2.24) is 4.90 Å². The third-order valence-electron chi connectivity index (χ3n) is 3.41. The van der Waals surface area contributed by atoms with E-state index in [9.17, 15) is 14.5 Å². The Morgan fingerprint density at radius 3 is 2.79 bits per heavy atom. The molecule has 1 aromatic carbocycles. The van der Waals surface area contributed by atoms with Crippen LogP contribution in [0, 0.1) is 15.9 Å². The highest BCUT2D eigenvalue weighted by Crippen LogP contribution is 2.23. The van der Waals surface area contributed by atoms with Gasteiger partial charge >= 0.3 is 0 Å². The molecule has 1 atom stereocenters. The van der Waals surface area contributed by atoms with Crippen molar-refractivity contribution in [3.63, 3.8) is 0 Å². The van der Waals surface area contributed by atoms with Crippen LogP contribution in [0.25, 0.3) is 0 Å². The minimum absolute atomic E-state index is 0.212. The van der Waals surface area contributed by atoms with Gasteiger partial charge in [0.25, 0.3) is 5.69 Å². The molecule has 0 aromatic heterocycles. The number of nitro groups is 1. The summed E-state index contributed by atoms with van der Waals surface area (Å²) in [7, 11) is 0. The average Bonchev–Trinajstić information content (AvgIpc) is 2.76. The molecule has 104 valence electrons. The minimum atomic E-state index is -0.588. The lowest BCUT2D eigenvalue weighted by atomic mass is 10.2. The van der Waals surface area contributed by atoms with Gasteiger partial charge in [0.15, 0.2) is 0 Å². The number of hydrogen-bond acceptors (Lipinski definition) is 4. The molecule has 1 aliphatic rings. The summed E-state index contributed by atoms with van der Waals surface area (Å²) in [4.78, 5) is 12.4. The molecule has 1 saturated heterocycles. The smallest absolute Gasteiger partial charge is 0.274 e. The molecule has 0 amide bonds. The lowest BCUT2D eigenvalue weighted by Gasteiger charge is -2.20. The van der Waals surface area contributed by atoms with Crippen LogP contribution >= 0.6 is 0 Å². The number of rotatable bonds is 4.